The molecule has 1 N–H and O–H groups in total. The number of nitrogens with one attached hydrogen (secondary N) is 1. The summed E-state index contributed by atoms with van der Waals surface area (Å²) in [6.07, 6.45) is 1.80. The monoisotopic (exact) mass is 363 g/mol. The van der Waals surface area contributed by atoms with Crippen molar-refractivity contribution < 1.29 is 9.59 Å². The molecule has 0 aliphatic heterocycles. The number of carbonyl (C=O) groups is 2. The fourth-order valence-electron chi connectivity index (χ4n) is 2.12. The average molecular weight is 364 g/mol. The molecule has 0 radical (unpaired) electrons. The molecule has 2 rings (SSSR count). The van der Waals surface area contributed by atoms with Gasteiger partial charge in [0.15, 0.2) is 0 Å². The van der Waals surface area contributed by atoms with Crippen LogP contribution in [0.15, 0.2) is 41.0 Å². The van der Waals surface area contributed by atoms with Crippen molar-refractivity contribution in [2.75, 3.05) is 18.9 Å². The van der Waals surface area contributed by atoms with E-state index in [0.717, 1.165) is 15.7 Å². The number of halogens is 1. The van der Waals surface area contributed by atoms with Crippen molar-refractivity contribution in [3.05, 3.63) is 52.3 Å². The molecule has 1 heterocycles. The Morgan fingerprint density at radius 2 is 2.05 bits per heavy atom. The van der Waals surface area contributed by atoms with Crippen molar-refractivity contribution in [3.8, 4) is 0 Å². The number of aryl methyl sites for hydroxylation is 2. The predicted molar refractivity (Wildman–Crippen MR) is 89.9 cm³/mol. The Bertz CT molecular complexity index is 709. The lowest BCUT2D eigenvalue weighted by Crippen LogP contribution is -2.35. The molecule has 0 atom stereocenters. The van der Waals surface area contributed by atoms with Crippen LogP contribution in [0.5, 0.6) is 0 Å². The Labute approximate surface area is 138 Å². The van der Waals surface area contributed by atoms with Gasteiger partial charge >= 0.3 is 0 Å². The molecule has 116 valence electrons. The van der Waals surface area contributed by atoms with Crippen LogP contribution < -0.4 is 5.32 Å². The Hall–Kier alpha value is -2.08. The molecule has 6 heteroatoms. The maximum Gasteiger partial charge on any atom is 0.270 e. The number of hydrogen-bond donors (Lipinski definition) is 1. The molecule has 0 bridgehead atoms. The molecule has 0 fully saturated rings. The lowest BCUT2D eigenvalue weighted by Gasteiger charge is -2.17. The number of aromatic nitrogens is 1. The van der Waals surface area contributed by atoms with Crippen molar-refractivity contribution in [1.29, 1.82) is 0 Å². The van der Waals surface area contributed by atoms with E-state index in [4.69, 9.17) is 0 Å². The van der Waals surface area contributed by atoms with Gasteiger partial charge in [0.05, 0.1) is 6.54 Å². The minimum atomic E-state index is -0.226. The first-order chi connectivity index (χ1) is 10.4. The second-order valence-electron chi connectivity index (χ2n) is 5.17. The lowest BCUT2D eigenvalue weighted by atomic mass is 10.2. The van der Waals surface area contributed by atoms with E-state index >= 15 is 0 Å². The fraction of sp³-hybridized carbons (Fsp3) is 0.250. The number of amides is 2. The summed E-state index contributed by atoms with van der Waals surface area (Å²) >= 11 is 3.38. The van der Waals surface area contributed by atoms with Gasteiger partial charge in [-0.25, -0.2) is 0 Å². The zero-order chi connectivity index (χ0) is 16.3. The number of anilines is 1. The number of nitrogens with zero attached hydrogens (tertiary/aromatic N) is 2. The van der Waals surface area contributed by atoms with E-state index in [9.17, 15) is 9.59 Å². The number of carbonyl (C=O) groups excluding carboxylic acids is 2. The van der Waals surface area contributed by atoms with Crippen LogP contribution in [0, 0.1) is 6.92 Å². The number of benzene rings is 1. The van der Waals surface area contributed by atoms with Crippen molar-refractivity contribution in [3.63, 3.8) is 0 Å². The Kier molecular flexibility index (Phi) is 5.03. The molecular formula is C16H18BrN3O2. The quantitative estimate of drug-likeness (QED) is 0.907. The van der Waals surface area contributed by atoms with E-state index < -0.39 is 0 Å². The van der Waals surface area contributed by atoms with Gasteiger partial charge in [0, 0.05) is 30.5 Å². The molecule has 0 spiro atoms. The van der Waals surface area contributed by atoms with E-state index in [-0.39, 0.29) is 18.4 Å². The van der Waals surface area contributed by atoms with Gasteiger partial charge < -0.3 is 14.8 Å². The number of hydrogen-bond acceptors (Lipinski definition) is 2. The summed E-state index contributed by atoms with van der Waals surface area (Å²) < 4.78 is 2.69. The zero-order valence-corrected chi connectivity index (χ0v) is 14.3. The van der Waals surface area contributed by atoms with Gasteiger partial charge in [-0.15, -0.1) is 0 Å². The topological polar surface area (TPSA) is 54.3 Å². The molecular weight excluding hydrogens is 346 g/mol. The molecule has 0 aliphatic rings. The fourth-order valence-corrected chi connectivity index (χ4v) is 2.60. The predicted octanol–water partition coefficient (Wildman–Crippen LogP) is 2.81. The SMILES string of the molecule is Cc1cc(Br)ccc1NC(=O)CN(C)C(=O)c1cccn1C. The molecule has 22 heavy (non-hydrogen) atoms. The second kappa shape index (κ2) is 6.79. The second-order valence-corrected chi connectivity index (χ2v) is 6.09. The molecule has 0 aliphatic carbocycles. The number of likely N-dealkylation sites (N-methyl/N-ethyl adjacent to an activating group) is 1. The van der Waals surface area contributed by atoms with Crippen LogP contribution in [0.2, 0.25) is 0 Å². The smallest absolute Gasteiger partial charge is 0.270 e. The molecule has 2 amide bonds. The van der Waals surface area contributed by atoms with E-state index in [2.05, 4.69) is 21.2 Å². The van der Waals surface area contributed by atoms with Crippen molar-refractivity contribution in [1.82, 2.24) is 9.47 Å². The zero-order valence-electron chi connectivity index (χ0n) is 12.8. The highest BCUT2D eigenvalue weighted by atomic mass is 79.9. The van der Waals surface area contributed by atoms with Crippen LogP contribution in [0.4, 0.5) is 5.69 Å². The highest BCUT2D eigenvalue weighted by Gasteiger charge is 2.17. The standard InChI is InChI=1S/C16H18BrN3O2/c1-11-9-12(17)6-7-13(11)18-15(21)10-20(3)16(22)14-5-4-8-19(14)2/h4-9H,10H2,1-3H3,(H,18,21). The minimum absolute atomic E-state index is 0.000479. The van der Waals surface area contributed by atoms with Crippen LogP contribution in [0.3, 0.4) is 0 Å². The average Bonchev–Trinajstić information content (AvgIpc) is 2.87. The summed E-state index contributed by atoms with van der Waals surface area (Å²) in [5.41, 5.74) is 2.25. The molecule has 0 saturated heterocycles. The highest BCUT2D eigenvalue weighted by Crippen LogP contribution is 2.20. The van der Waals surface area contributed by atoms with Gasteiger partial charge in [-0.3, -0.25) is 9.59 Å². The van der Waals surface area contributed by atoms with Gasteiger partial charge in [-0.05, 0) is 42.8 Å². The van der Waals surface area contributed by atoms with E-state index in [1.165, 1.54) is 4.90 Å². The molecule has 5 nitrogen and oxygen atoms in total. The van der Waals surface area contributed by atoms with Crippen molar-refractivity contribution >= 4 is 33.4 Å². The minimum Gasteiger partial charge on any atom is -0.347 e. The van der Waals surface area contributed by atoms with Gasteiger partial charge in [-0.2, -0.15) is 0 Å². The van der Waals surface area contributed by atoms with E-state index in [1.54, 1.807) is 37.0 Å². The third-order valence-corrected chi connectivity index (χ3v) is 3.85. The van der Waals surface area contributed by atoms with Gasteiger partial charge in [0.2, 0.25) is 5.91 Å². The molecule has 1 aromatic heterocycles. The van der Waals surface area contributed by atoms with Gasteiger partial charge in [-0.1, -0.05) is 15.9 Å². The molecule has 0 saturated carbocycles. The third-order valence-electron chi connectivity index (χ3n) is 3.35. The maximum atomic E-state index is 12.2. The van der Waals surface area contributed by atoms with E-state index in [0.29, 0.717) is 5.69 Å². The summed E-state index contributed by atoms with van der Waals surface area (Å²) in [7, 11) is 3.41. The Morgan fingerprint density at radius 3 is 2.64 bits per heavy atom. The Balaban J connectivity index is 1.99. The molecule has 1 aromatic carbocycles. The first-order valence-corrected chi connectivity index (χ1v) is 7.60. The van der Waals surface area contributed by atoms with Gasteiger partial charge in [0.1, 0.15) is 5.69 Å². The highest BCUT2D eigenvalue weighted by molar-refractivity contribution is 9.10. The summed E-state index contributed by atoms with van der Waals surface area (Å²) in [6, 6.07) is 9.15. The van der Waals surface area contributed by atoms with Crippen LogP contribution in [0.25, 0.3) is 0 Å². The Morgan fingerprint density at radius 1 is 1.32 bits per heavy atom. The first-order valence-electron chi connectivity index (χ1n) is 6.81. The summed E-state index contributed by atoms with van der Waals surface area (Å²) in [4.78, 5) is 25.7. The maximum absolute atomic E-state index is 12.2. The van der Waals surface area contributed by atoms with Gasteiger partial charge in [0.25, 0.3) is 5.91 Å². The first kappa shape index (κ1) is 16.3. The summed E-state index contributed by atoms with van der Waals surface area (Å²) in [5.74, 6) is -0.411. The summed E-state index contributed by atoms with van der Waals surface area (Å²) in [5, 5.41) is 2.82. The van der Waals surface area contributed by atoms with Crippen molar-refractivity contribution in [2.45, 2.75) is 6.92 Å². The lowest BCUT2D eigenvalue weighted by molar-refractivity contribution is -0.116. The largest absolute Gasteiger partial charge is 0.347 e. The van der Waals surface area contributed by atoms with Crippen LogP contribution in [-0.4, -0.2) is 34.9 Å². The molecule has 0 unspecified atom stereocenters. The van der Waals surface area contributed by atoms with Crippen LogP contribution in [0.1, 0.15) is 16.1 Å². The van der Waals surface area contributed by atoms with Crippen molar-refractivity contribution in [2.24, 2.45) is 7.05 Å². The van der Waals surface area contributed by atoms with E-state index in [1.807, 2.05) is 25.1 Å². The number of rotatable bonds is 4. The van der Waals surface area contributed by atoms with Crippen LogP contribution >= 0.6 is 15.9 Å². The normalized spacial score (nSPS) is 10.4. The third kappa shape index (κ3) is 3.76. The van der Waals surface area contributed by atoms with Crippen LogP contribution in [-0.2, 0) is 11.8 Å². The summed E-state index contributed by atoms with van der Waals surface area (Å²) in [6.45, 7) is 1.92. The molecule has 2 aromatic rings.